The van der Waals surface area contributed by atoms with Gasteiger partial charge < -0.3 is 18.8 Å². The van der Waals surface area contributed by atoms with Crippen molar-refractivity contribution in [2.24, 2.45) is 5.41 Å². The predicted molar refractivity (Wildman–Crippen MR) is 91.2 cm³/mol. The van der Waals surface area contributed by atoms with Gasteiger partial charge in [0.1, 0.15) is 6.61 Å². The van der Waals surface area contributed by atoms with Crippen molar-refractivity contribution < 1.29 is 28.0 Å². The predicted octanol–water partition coefficient (Wildman–Crippen LogP) is 2.10. The van der Waals surface area contributed by atoms with E-state index in [2.05, 4.69) is 4.98 Å². The molecule has 0 radical (unpaired) electrons. The van der Waals surface area contributed by atoms with E-state index >= 15 is 0 Å². The normalized spacial score (nSPS) is 19.0. The lowest BCUT2D eigenvalue weighted by atomic mass is 9.80. The maximum Gasteiger partial charge on any atom is 0.496 e. The van der Waals surface area contributed by atoms with Crippen LogP contribution in [0.3, 0.4) is 0 Å². The molecule has 0 aromatic carbocycles. The van der Waals surface area contributed by atoms with Gasteiger partial charge in [-0.3, -0.25) is 4.79 Å². The van der Waals surface area contributed by atoms with Gasteiger partial charge in [-0.05, 0) is 47.6 Å². The Kier molecular flexibility index (Phi) is 5.17. The fourth-order valence-electron chi connectivity index (χ4n) is 2.24. The van der Waals surface area contributed by atoms with Crippen molar-refractivity contribution in [3.8, 4) is 5.88 Å². The lowest BCUT2D eigenvalue weighted by Gasteiger charge is -2.32. The zero-order chi connectivity index (χ0) is 19.0. The highest BCUT2D eigenvalue weighted by Gasteiger charge is 2.52. The summed E-state index contributed by atoms with van der Waals surface area (Å²) in [5.41, 5.74) is -1.48. The highest BCUT2D eigenvalue weighted by atomic mass is 19.1. The number of ether oxygens (including phenoxy) is 2. The van der Waals surface area contributed by atoms with Crippen molar-refractivity contribution >= 4 is 18.6 Å². The Bertz CT molecular complexity index is 646. The van der Waals surface area contributed by atoms with Crippen molar-refractivity contribution in [2.75, 3.05) is 13.7 Å². The molecule has 2 rings (SSSR count). The van der Waals surface area contributed by atoms with Gasteiger partial charge in [-0.2, -0.15) is 0 Å². The van der Waals surface area contributed by atoms with Crippen LogP contribution in [0.1, 0.15) is 41.5 Å². The maximum atomic E-state index is 14.3. The first-order valence-electron chi connectivity index (χ1n) is 8.12. The Morgan fingerprint density at radius 3 is 2.32 bits per heavy atom. The second-order valence-corrected chi connectivity index (χ2v) is 7.81. The SMILES string of the molecule is COC(=O)C(C)(C)COc1ncc(B2OC(C)(C)C(C)(C)O2)cc1F. The smallest absolute Gasteiger partial charge is 0.474 e. The molecule has 0 N–H and O–H groups in total. The molecule has 1 aromatic rings. The third-order valence-electron chi connectivity index (χ3n) is 4.66. The molecular weight excluding hydrogens is 328 g/mol. The average Bonchev–Trinajstić information content (AvgIpc) is 2.73. The minimum atomic E-state index is -0.909. The molecule has 0 atom stereocenters. The zero-order valence-electron chi connectivity index (χ0n) is 15.8. The topological polar surface area (TPSA) is 66.9 Å². The number of rotatable bonds is 5. The van der Waals surface area contributed by atoms with Crippen molar-refractivity contribution in [1.29, 1.82) is 0 Å². The lowest BCUT2D eigenvalue weighted by Crippen LogP contribution is -2.41. The van der Waals surface area contributed by atoms with Crippen LogP contribution in [0.2, 0.25) is 0 Å². The van der Waals surface area contributed by atoms with Crippen LogP contribution in [0.5, 0.6) is 5.88 Å². The Morgan fingerprint density at radius 2 is 1.84 bits per heavy atom. The van der Waals surface area contributed by atoms with Crippen molar-refractivity contribution in [3.63, 3.8) is 0 Å². The summed E-state index contributed by atoms with van der Waals surface area (Å²) >= 11 is 0. The summed E-state index contributed by atoms with van der Waals surface area (Å²) < 4.78 is 36.1. The first-order valence-corrected chi connectivity index (χ1v) is 8.12. The molecule has 25 heavy (non-hydrogen) atoms. The quantitative estimate of drug-likeness (QED) is 0.597. The number of carbonyl (C=O) groups excluding carboxylic acids is 1. The second-order valence-electron chi connectivity index (χ2n) is 7.81. The van der Waals surface area contributed by atoms with Crippen LogP contribution < -0.4 is 10.2 Å². The highest BCUT2D eigenvalue weighted by Crippen LogP contribution is 2.36. The number of nitrogens with zero attached hydrogens (tertiary/aromatic N) is 1. The van der Waals surface area contributed by atoms with Crippen LogP contribution >= 0.6 is 0 Å². The molecule has 0 saturated carbocycles. The van der Waals surface area contributed by atoms with Crippen molar-refractivity contribution in [1.82, 2.24) is 4.98 Å². The summed E-state index contributed by atoms with van der Waals surface area (Å²) in [6, 6.07) is 1.27. The number of pyridine rings is 1. The van der Waals surface area contributed by atoms with Crippen molar-refractivity contribution in [2.45, 2.75) is 52.7 Å². The summed E-state index contributed by atoms with van der Waals surface area (Å²) in [5, 5.41) is 0. The minimum Gasteiger partial charge on any atom is -0.474 e. The number of methoxy groups -OCH3 is 1. The zero-order valence-corrected chi connectivity index (χ0v) is 15.8. The molecule has 1 fully saturated rings. The molecule has 138 valence electrons. The van der Waals surface area contributed by atoms with Gasteiger partial charge >= 0.3 is 13.1 Å². The van der Waals surface area contributed by atoms with Gasteiger partial charge in [-0.15, -0.1) is 0 Å². The van der Waals surface area contributed by atoms with Gasteiger partial charge in [0.25, 0.3) is 0 Å². The molecule has 1 saturated heterocycles. The number of halogens is 1. The summed E-state index contributed by atoms with van der Waals surface area (Å²) in [5.74, 6) is -1.27. The number of carbonyl (C=O) groups is 1. The van der Waals surface area contributed by atoms with Gasteiger partial charge in [0.2, 0.25) is 5.88 Å². The van der Waals surface area contributed by atoms with Gasteiger partial charge in [0.05, 0.1) is 23.7 Å². The number of hydrogen-bond acceptors (Lipinski definition) is 6. The van der Waals surface area contributed by atoms with Gasteiger partial charge in [0, 0.05) is 11.7 Å². The standard InChI is InChI=1S/C17H25BFNO5/c1-15(2,14(21)22-7)10-23-13-12(19)8-11(9-20-13)18-24-16(3,4)17(5,6)25-18/h8-9H,10H2,1-7H3. The van der Waals surface area contributed by atoms with Gasteiger partial charge in [0.15, 0.2) is 5.82 Å². The lowest BCUT2D eigenvalue weighted by molar-refractivity contribution is -0.152. The van der Waals surface area contributed by atoms with E-state index in [0.29, 0.717) is 5.46 Å². The molecule has 2 heterocycles. The first kappa shape index (κ1) is 19.7. The monoisotopic (exact) mass is 353 g/mol. The van der Waals surface area contributed by atoms with Crippen LogP contribution in [0.25, 0.3) is 0 Å². The molecule has 0 unspecified atom stereocenters. The molecule has 0 amide bonds. The summed E-state index contributed by atoms with van der Waals surface area (Å²) in [6.07, 6.45) is 1.45. The number of esters is 1. The molecule has 0 spiro atoms. The van der Waals surface area contributed by atoms with E-state index in [1.54, 1.807) is 13.8 Å². The van der Waals surface area contributed by atoms with E-state index in [0.717, 1.165) is 0 Å². The van der Waals surface area contributed by atoms with E-state index in [4.69, 9.17) is 18.8 Å². The summed E-state index contributed by atoms with van der Waals surface area (Å²) in [6.45, 7) is 10.9. The Labute approximate surface area is 148 Å². The van der Waals surface area contributed by atoms with Crippen molar-refractivity contribution in [3.05, 3.63) is 18.1 Å². The van der Waals surface area contributed by atoms with Crippen LogP contribution in [-0.4, -0.2) is 43.0 Å². The minimum absolute atomic E-state index is 0.0561. The fraction of sp³-hybridized carbons (Fsp3) is 0.647. The highest BCUT2D eigenvalue weighted by molar-refractivity contribution is 6.62. The van der Waals surface area contributed by atoms with Crippen LogP contribution in [0.15, 0.2) is 12.3 Å². The van der Waals surface area contributed by atoms with Crippen LogP contribution in [0.4, 0.5) is 4.39 Å². The van der Waals surface area contributed by atoms with E-state index in [-0.39, 0.29) is 12.5 Å². The summed E-state index contributed by atoms with van der Waals surface area (Å²) in [7, 11) is 0.593. The maximum absolute atomic E-state index is 14.3. The Balaban J connectivity index is 2.11. The first-order chi connectivity index (χ1) is 11.4. The van der Waals surface area contributed by atoms with Crippen LogP contribution in [-0.2, 0) is 18.8 Å². The molecule has 1 aromatic heterocycles. The van der Waals surface area contributed by atoms with E-state index < -0.39 is 35.5 Å². The number of hydrogen-bond donors (Lipinski definition) is 0. The Hall–Kier alpha value is -1.67. The molecule has 1 aliphatic rings. The molecule has 1 aliphatic heterocycles. The van der Waals surface area contributed by atoms with E-state index in [9.17, 15) is 9.18 Å². The van der Waals surface area contributed by atoms with Gasteiger partial charge in [-0.25, -0.2) is 9.37 Å². The largest absolute Gasteiger partial charge is 0.496 e. The molecule has 6 nitrogen and oxygen atoms in total. The third-order valence-corrected chi connectivity index (χ3v) is 4.66. The molecule has 0 aliphatic carbocycles. The molecule has 0 bridgehead atoms. The average molecular weight is 353 g/mol. The fourth-order valence-corrected chi connectivity index (χ4v) is 2.24. The van der Waals surface area contributed by atoms with E-state index in [1.165, 1.54) is 19.4 Å². The third kappa shape index (κ3) is 3.95. The van der Waals surface area contributed by atoms with Gasteiger partial charge in [-0.1, -0.05) is 0 Å². The second kappa shape index (κ2) is 6.57. The molecule has 8 heteroatoms. The van der Waals surface area contributed by atoms with E-state index in [1.807, 2.05) is 27.7 Å². The van der Waals surface area contributed by atoms with Crippen LogP contribution in [0, 0.1) is 11.2 Å². The summed E-state index contributed by atoms with van der Waals surface area (Å²) in [4.78, 5) is 15.6. The Morgan fingerprint density at radius 1 is 1.28 bits per heavy atom. The number of aromatic nitrogens is 1. The molecular formula is C17H25BFNO5.